The minimum atomic E-state index is -0.171. The molecule has 3 rings (SSSR count). The number of rotatable bonds is 9. The number of carbonyl (C=O) groups is 2. The smallest absolute Gasteiger partial charge is 0.239 e. The summed E-state index contributed by atoms with van der Waals surface area (Å²) in [6, 6.07) is 10.6. The van der Waals surface area contributed by atoms with Gasteiger partial charge in [0.1, 0.15) is 0 Å². The Hall–Kier alpha value is -1.92. The average molecular weight is 373 g/mol. The molecule has 0 spiro atoms. The van der Waals surface area contributed by atoms with Crippen molar-refractivity contribution in [3.05, 3.63) is 35.9 Å². The number of amides is 2. The van der Waals surface area contributed by atoms with E-state index in [1.54, 1.807) is 0 Å². The third kappa shape index (κ3) is 6.63. The predicted octanol–water partition coefficient (Wildman–Crippen LogP) is 1.27. The van der Waals surface area contributed by atoms with Gasteiger partial charge in [-0.1, -0.05) is 36.8 Å². The summed E-state index contributed by atoms with van der Waals surface area (Å²) in [5.74, 6) is 0.357. The predicted molar refractivity (Wildman–Crippen MR) is 106 cm³/mol. The number of piperidine rings is 1. The maximum absolute atomic E-state index is 11.9. The van der Waals surface area contributed by atoms with Gasteiger partial charge < -0.3 is 20.9 Å². The first-order chi connectivity index (χ1) is 13.2. The van der Waals surface area contributed by atoms with Gasteiger partial charge in [0.15, 0.2) is 0 Å². The largest absolute Gasteiger partial charge is 0.350 e. The Morgan fingerprint density at radius 1 is 0.926 bits per heavy atom. The fraction of sp³-hybridized carbons (Fsp3) is 0.619. The van der Waals surface area contributed by atoms with Crippen LogP contribution in [0.3, 0.4) is 0 Å². The molecule has 1 saturated heterocycles. The molecule has 1 saturated carbocycles. The van der Waals surface area contributed by atoms with Gasteiger partial charge in [0, 0.05) is 12.6 Å². The van der Waals surface area contributed by atoms with Crippen LogP contribution in [0.1, 0.15) is 37.7 Å². The first kappa shape index (κ1) is 19.8. The summed E-state index contributed by atoms with van der Waals surface area (Å²) < 4.78 is 0. The van der Waals surface area contributed by atoms with Crippen molar-refractivity contribution in [3.8, 4) is 0 Å². The molecule has 0 atom stereocenters. The Kier molecular flexibility index (Phi) is 7.66. The number of carbonyl (C=O) groups excluding carboxylic acids is 2. The van der Waals surface area contributed by atoms with Crippen LogP contribution < -0.4 is 16.0 Å². The van der Waals surface area contributed by atoms with Crippen LogP contribution in [0.4, 0.5) is 0 Å². The van der Waals surface area contributed by atoms with Gasteiger partial charge >= 0.3 is 0 Å². The molecule has 27 heavy (non-hydrogen) atoms. The first-order valence-corrected chi connectivity index (χ1v) is 10.2. The number of benzene rings is 1. The van der Waals surface area contributed by atoms with Crippen molar-refractivity contribution in [3.63, 3.8) is 0 Å². The standard InChI is InChI=1S/C21H32N4O2/c26-20(24-16-21(27)23-14-17-5-2-1-3-6-17)15-22-13-18-9-11-25(12-10-18)19-7-4-8-19/h1-3,5-6,18-19,22H,4,7-16H2,(H,23,27)(H,24,26). The Labute approximate surface area is 162 Å². The normalized spacial score (nSPS) is 18.7. The molecule has 0 aromatic heterocycles. The van der Waals surface area contributed by atoms with Crippen molar-refractivity contribution < 1.29 is 9.59 Å². The number of hydrogen-bond donors (Lipinski definition) is 3. The maximum atomic E-state index is 11.9. The van der Waals surface area contributed by atoms with E-state index >= 15 is 0 Å². The molecule has 0 unspecified atom stereocenters. The van der Waals surface area contributed by atoms with Crippen molar-refractivity contribution in [2.24, 2.45) is 5.92 Å². The Balaban J connectivity index is 1.21. The van der Waals surface area contributed by atoms with Crippen LogP contribution in [0, 0.1) is 5.92 Å². The second-order valence-corrected chi connectivity index (χ2v) is 7.73. The molecule has 1 aromatic rings. The lowest BCUT2D eigenvalue weighted by Crippen LogP contribution is -2.46. The zero-order valence-corrected chi connectivity index (χ0v) is 16.1. The van der Waals surface area contributed by atoms with Gasteiger partial charge in [0.25, 0.3) is 0 Å². The van der Waals surface area contributed by atoms with Gasteiger partial charge in [-0.05, 0) is 56.8 Å². The van der Waals surface area contributed by atoms with E-state index in [2.05, 4.69) is 20.9 Å². The quantitative estimate of drug-likeness (QED) is 0.610. The molecule has 0 radical (unpaired) electrons. The lowest BCUT2D eigenvalue weighted by molar-refractivity contribution is -0.125. The molecular formula is C21H32N4O2. The van der Waals surface area contributed by atoms with Crippen molar-refractivity contribution in [2.75, 3.05) is 32.7 Å². The third-order valence-electron chi connectivity index (χ3n) is 5.74. The molecule has 2 aliphatic rings. The van der Waals surface area contributed by atoms with Gasteiger partial charge in [-0.2, -0.15) is 0 Å². The van der Waals surface area contributed by atoms with Crippen LogP contribution in [-0.2, 0) is 16.1 Å². The van der Waals surface area contributed by atoms with Gasteiger partial charge in [-0.15, -0.1) is 0 Å². The fourth-order valence-electron chi connectivity index (χ4n) is 3.76. The zero-order valence-electron chi connectivity index (χ0n) is 16.1. The Bertz CT molecular complexity index is 595. The lowest BCUT2D eigenvalue weighted by atomic mass is 9.88. The minimum Gasteiger partial charge on any atom is -0.350 e. The van der Waals surface area contributed by atoms with E-state index in [0.29, 0.717) is 12.5 Å². The first-order valence-electron chi connectivity index (χ1n) is 10.2. The van der Waals surface area contributed by atoms with Crippen molar-refractivity contribution in [2.45, 2.75) is 44.7 Å². The average Bonchev–Trinajstić information content (AvgIpc) is 2.65. The summed E-state index contributed by atoms with van der Waals surface area (Å²) in [4.78, 5) is 26.3. The third-order valence-corrected chi connectivity index (χ3v) is 5.74. The summed E-state index contributed by atoms with van der Waals surface area (Å²) >= 11 is 0. The van der Waals surface area contributed by atoms with E-state index in [1.165, 1.54) is 45.2 Å². The highest BCUT2D eigenvalue weighted by Gasteiger charge is 2.28. The number of nitrogens with one attached hydrogen (secondary N) is 3. The molecule has 1 aliphatic carbocycles. The van der Waals surface area contributed by atoms with Crippen LogP contribution >= 0.6 is 0 Å². The van der Waals surface area contributed by atoms with E-state index in [0.717, 1.165) is 18.2 Å². The molecule has 3 N–H and O–H groups in total. The number of likely N-dealkylation sites (tertiary alicyclic amines) is 1. The van der Waals surface area contributed by atoms with Crippen LogP contribution in [0.2, 0.25) is 0 Å². The molecule has 6 nitrogen and oxygen atoms in total. The maximum Gasteiger partial charge on any atom is 0.239 e. The van der Waals surface area contributed by atoms with Crippen LogP contribution in [-0.4, -0.2) is 55.5 Å². The van der Waals surface area contributed by atoms with Crippen molar-refractivity contribution in [1.29, 1.82) is 0 Å². The second-order valence-electron chi connectivity index (χ2n) is 7.73. The molecule has 1 aliphatic heterocycles. The van der Waals surface area contributed by atoms with Gasteiger partial charge in [-0.3, -0.25) is 9.59 Å². The topological polar surface area (TPSA) is 73.5 Å². The van der Waals surface area contributed by atoms with Crippen molar-refractivity contribution in [1.82, 2.24) is 20.9 Å². The van der Waals surface area contributed by atoms with Gasteiger partial charge in [-0.25, -0.2) is 0 Å². The highest BCUT2D eigenvalue weighted by molar-refractivity contribution is 5.85. The van der Waals surface area contributed by atoms with E-state index < -0.39 is 0 Å². The van der Waals surface area contributed by atoms with Gasteiger partial charge in [0.2, 0.25) is 11.8 Å². The van der Waals surface area contributed by atoms with E-state index in [9.17, 15) is 9.59 Å². The number of nitrogens with zero attached hydrogens (tertiary/aromatic N) is 1. The van der Waals surface area contributed by atoms with E-state index in [-0.39, 0.29) is 24.9 Å². The molecule has 148 valence electrons. The van der Waals surface area contributed by atoms with E-state index in [4.69, 9.17) is 0 Å². The summed E-state index contributed by atoms with van der Waals surface area (Å²) in [7, 11) is 0. The second kappa shape index (κ2) is 10.4. The summed E-state index contributed by atoms with van der Waals surface area (Å²) in [6.07, 6.45) is 6.58. The monoisotopic (exact) mass is 372 g/mol. The van der Waals surface area contributed by atoms with Gasteiger partial charge in [0.05, 0.1) is 13.1 Å². The summed E-state index contributed by atoms with van der Waals surface area (Å²) in [5.41, 5.74) is 1.04. The molecule has 1 heterocycles. The number of hydrogen-bond acceptors (Lipinski definition) is 4. The Morgan fingerprint density at radius 3 is 2.30 bits per heavy atom. The zero-order chi connectivity index (χ0) is 18.9. The highest BCUT2D eigenvalue weighted by Crippen LogP contribution is 2.28. The summed E-state index contributed by atoms with van der Waals surface area (Å²) in [6.45, 7) is 4.05. The minimum absolute atomic E-state index is 0.0210. The molecular weight excluding hydrogens is 340 g/mol. The highest BCUT2D eigenvalue weighted by atomic mass is 16.2. The van der Waals surface area contributed by atoms with Crippen molar-refractivity contribution >= 4 is 11.8 Å². The van der Waals surface area contributed by atoms with E-state index in [1.807, 2.05) is 30.3 Å². The fourth-order valence-corrected chi connectivity index (χ4v) is 3.76. The molecule has 2 amide bonds. The van der Waals surface area contributed by atoms with Crippen LogP contribution in [0.5, 0.6) is 0 Å². The van der Waals surface area contributed by atoms with Crippen LogP contribution in [0.25, 0.3) is 0 Å². The molecule has 0 bridgehead atoms. The molecule has 6 heteroatoms. The molecule has 2 fully saturated rings. The SMILES string of the molecule is O=C(CNCC1CCN(C2CCC2)CC1)NCC(=O)NCc1ccccc1. The van der Waals surface area contributed by atoms with Crippen LogP contribution in [0.15, 0.2) is 30.3 Å². The Morgan fingerprint density at radius 2 is 1.63 bits per heavy atom. The summed E-state index contributed by atoms with van der Waals surface area (Å²) in [5, 5.41) is 8.72. The lowest BCUT2D eigenvalue weighted by Gasteiger charge is -2.41. The molecule has 1 aromatic carbocycles.